The van der Waals surface area contributed by atoms with E-state index in [4.69, 9.17) is 5.11 Å². The number of benzene rings is 1. The molecule has 1 saturated carbocycles. The first-order chi connectivity index (χ1) is 9.11. The van der Waals surface area contributed by atoms with Gasteiger partial charge in [0.15, 0.2) is 17.4 Å². The quantitative estimate of drug-likeness (QED) is 0.873. The van der Waals surface area contributed by atoms with Crippen molar-refractivity contribution >= 4 is 0 Å². The fraction of sp³-hybridized carbons (Fsp3) is 0.600. The second-order valence-electron chi connectivity index (χ2n) is 5.35. The van der Waals surface area contributed by atoms with Crippen molar-refractivity contribution in [1.29, 1.82) is 0 Å². The Morgan fingerprint density at radius 2 is 1.84 bits per heavy atom. The maximum atomic E-state index is 13.2. The van der Waals surface area contributed by atoms with Gasteiger partial charge < -0.3 is 10.4 Å². The Morgan fingerprint density at radius 3 is 2.47 bits per heavy atom. The van der Waals surface area contributed by atoms with Crippen LogP contribution in [0, 0.1) is 17.6 Å². The summed E-state index contributed by atoms with van der Waals surface area (Å²) in [5, 5.41) is 12.5. The molecule has 0 aromatic heterocycles. The molecule has 2 N–H and O–H groups in total. The smallest absolute Gasteiger partial charge is 0.187 e. The summed E-state index contributed by atoms with van der Waals surface area (Å²) in [7, 11) is 0. The van der Waals surface area contributed by atoms with E-state index in [-0.39, 0.29) is 0 Å². The number of phenols is 1. The summed E-state index contributed by atoms with van der Waals surface area (Å²) in [5.74, 6) is -2.03. The number of halogens is 2. The molecule has 1 aliphatic rings. The molecular formula is C15H21F2NO. The van der Waals surface area contributed by atoms with Gasteiger partial charge >= 0.3 is 0 Å². The van der Waals surface area contributed by atoms with Crippen LogP contribution in [0.25, 0.3) is 0 Å². The molecule has 0 radical (unpaired) electrons. The Balaban J connectivity index is 1.98. The first-order valence-corrected chi connectivity index (χ1v) is 7.02. The third-order valence-corrected chi connectivity index (χ3v) is 4.08. The lowest BCUT2D eigenvalue weighted by Crippen LogP contribution is -2.37. The van der Waals surface area contributed by atoms with Crippen molar-refractivity contribution in [2.75, 3.05) is 0 Å². The highest BCUT2D eigenvalue weighted by atomic mass is 19.1. The molecule has 2 nitrogen and oxygen atoms in total. The molecule has 1 aromatic carbocycles. The lowest BCUT2D eigenvalue weighted by Gasteiger charge is -2.31. The summed E-state index contributed by atoms with van der Waals surface area (Å²) >= 11 is 0. The van der Waals surface area contributed by atoms with E-state index in [2.05, 4.69) is 12.2 Å². The molecule has 1 aliphatic carbocycles. The molecule has 0 spiro atoms. The number of nitrogens with one attached hydrogen (secondary N) is 1. The summed E-state index contributed by atoms with van der Waals surface area (Å²) in [6.07, 6.45) is 5.98. The van der Waals surface area contributed by atoms with Gasteiger partial charge in [-0.05, 0) is 36.5 Å². The summed E-state index contributed by atoms with van der Waals surface area (Å²) in [4.78, 5) is 0. The minimum atomic E-state index is -0.896. The van der Waals surface area contributed by atoms with Crippen molar-refractivity contribution in [2.45, 2.75) is 51.6 Å². The van der Waals surface area contributed by atoms with Gasteiger partial charge in [-0.1, -0.05) is 26.2 Å². The minimum Gasteiger partial charge on any atom is -0.503 e. The van der Waals surface area contributed by atoms with Gasteiger partial charge in [0.05, 0.1) is 0 Å². The molecular weight excluding hydrogens is 248 g/mol. The van der Waals surface area contributed by atoms with Gasteiger partial charge in [0.1, 0.15) is 0 Å². The normalized spacial score (nSPS) is 23.5. The van der Waals surface area contributed by atoms with Crippen molar-refractivity contribution in [1.82, 2.24) is 5.32 Å². The van der Waals surface area contributed by atoms with E-state index in [0.717, 1.165) is 12.8 Å². The Hall–Kier alpha value is -1.16. The van der Waals surface area contributed by atoms with Crippen molar-refractivity contribution in [3.63, 3.8) is 0 Å². The van der Waals surface area contributed by atoms with Crippen LogP contribution in [-0.4, -0.2) is 11.1 Å². The minimum absolute atomic E-state index is 0.429. The second-order valence-corrected chi connectivity index (χ2v) is 5.35. The zero-order chi connectivity index (χ0) is 13.8. The van der Waals surface area contributed by atoms with E-state index in [9.17, 15) is 8.78 Å². The predicted molar refractivity (Wildman–Crippen MR) is 70.9 cm³/mol. The summed E-state index contributed by atoms with van der Waals surface area (Å²) in [6.45, 7) is 2.62. The number of aromatic hydroxyl groups is 1. The Kier molecular flexibility index (Phi) is 4.75. The van der Waals surface area contributed by atoms with Gasteiger partial charge in [-0.25, -0.2) is 8.78 Å². The van der Waals surface area contributed by atoms with Gasteiger partial charge in [-0.15, -0.1) is 0 Å². The molecule has 106 valence electrons. The van der Waals surface area contributed by atoms with Gasteiger partial charge in [-0.3, -0.25) is 0 Å². The van der Waals surface area contributed by atoms with E-state index < -0.39 is 17.4 Å². The maximum Gasteiger partial charge on any atom is 0.187 e. The van der Waals surface area contributed by atoms with E-state index in [0.29, 0.717) is 24.1 Å². The summed E-state index contributed by atoms with van der Waals surface area (Å²) in [6, 6.07) is 2.81. The van der Waals surface area contributed by atoms with Crippen LogP contribution in [0.3, 0.4) is 0 Å². The fourth-order valence-corrected chi connectivity index (χ4v) is 2.93. The van der Waals surface area contributed by atoms with Crippen LogP contribution in [0.5, 0.6) is 5.75 Å². The first-order valence-electron chi connectivity index (χ1n) is 7.02. The molecule has 0 aliphatic heterocycles. The fourth-order valence-electron chi connectivity index (χ4n) is 2.93. The molecule has 1 aromatic rings. The van der Waals surface area contributed by atoms with Crippen molar-refractivity contribution in [3.8, 4) is 5.75 Å². The van der Waals surface area contributed by atoms with Crippen molar-refractivity contribution in [3.05, 3.63) is 29.3 Å². The van der Waals surface area contributed by atoms with E-state index in [1.807, 2.05) is 0 Å². The highest BCUT2D eigenvalue weighted by molar-refractivity contribution is 5.30. The highest BCUT2D eigenvalue weighted by Crippen LogP contribution is 2.27. The number of hydrogen-bond acceptors (Lipinski definition) is 2. The molecule has 0 heterocycles. The van der Waals surface area contributed by atoms with Crippen LogP contribution in [0.15, 0.2) is 12.1 Å². The van der Waals surface area contributed by atoms with Crippen molar-refractivity contribution < 1.29 is 13.9 Å². The molecule has 0 saturated heterocycles. The third-order valence-electron chi connectivity index (χ3n) is 4.08. The molecule has 0 bridgehead atoms. The zero-order valence-corrected chi connectivity index (χ0v) is 11.3. The molecule has 2 rings (SSSR count). The van der Waals surface area contributed by atoms with Gasteiger partial charge in [0.2, 0.25) is 0 Å². The SMILES string of the molecule is CCC1CCCCC1NCc1cc(F)c(O)c(F)c1. The Bertz CT molecular complexity index is 413. The third kappa shape index (κ3) is 3.44. The van der Waals surface area contributed by atoms with Gasteiger partial charge in [-0.2, -0.15) is 0 Å². The standard InChI is InChI=1S/C15H21F2NO/c1-2-11-5-3-4-6-14(11)18-9-10-7-12(16)15(19)13(17)8-10/h7-8,11,14,18-19H,2-6,9H2,1H3. The van der Waals surface area contributed by atoms with Gasteiger partial charge in [0, 0.05) is 12.6 Å². The lowest BCUT2D eigenvalue weighted by molar-refractivity contribution is 0.254. The average molecular weight is 269 g/mol. The molecule has 1 fully saturated rings. The largest absolute Gasteiger partial charge is 0.503 e. The van der Waals surface area contributed by atoms with Crippen LogP contribution in [-0.2, 0) is 6.54 Å². The van der Waals surface area contributed by atoms with Crippen molar-refractivity contribution in [2.24, 2.45) is 5.92 Å². The topological polar surface area (TPSA) is 32.3 Å². The van der Waals surface area contributed by atoms with Crippen LogP contribution in [0.2, 0.25) is 0 Å². The summed E-state index contributed by atoms with van der Waals surface area (Å²) in [5.41, 5.74) is 0.535. The Morgan fingerprint density at radius 1 is 1.21 bits per heavy atom. The number of rotatable bonds is 4. The molecule has 2 atom stereocenters. The average Bonchev–Trinajstić information content (AvgIpc) is 2.42. The Labute approximate surface area is 112 Å². The van der Waals surface area contributed by atoms with Crippen LogP contribution < -0.4 is 5.32 Å². The van der Waals surface area contributed by atoms with E-state index >= 15 is 0 Å². The maximum absolute atomic E-state index is 13.2. The van der Waals surface area contributed by atoms with Gasteiger partial charge in [0.25, 0.3) is 0 Å². The molecule has 0 amide bonds. The molecule has 2 unspecified atom stereocenters. The van der Waals surface area contributed by atoms with E-state index in [1.165, 1.54) is 31.4 Å². The zero-order valence-electron chi connectivity index (χ0n) is 11.3. The monoisotopic (exact) mass is 269 g/mol. The molecule has 4 heteroatoms. The number of phenolic OH excluding ortho intramolecular Hbond substituents is 1. The second kappa shape index (κ2) is 6.33. The predicted octanol–water partition coefficient (Wildman–Crippen LogP) is 3.73. The van der Waals surface area contributed by atoms with Crippen LogP contribution in [0.1, 0.15) is 44.6 Å². The van der Waals surface area contributed by atoms with Crippen LogP contribution in [0.4, 0.5) is 8.78 Å². The molecule has 19 heavy (non-hydrogen) atoms. The lowest BCUT2D eigenvalue weighted by atomic mass is 9.83. The highest BCUT2D eigenvalue weighted by Gasteiger charge is 2.23. The van der Waals surface area contributed by atoms with E-state index in [1.54, 1.807) is 0 Å². The summed E-state index contributed by atoms with van der Waals surface area (Å²) < 4.78 is 26.5. The number of hydrogen-bond donors (Lipinski definition) is 2. The first kappa shape index (κ1) is 14.3. The van der Waals surface area contributed by atoms with Crippen LogP contribution >= 0.6 is 0 Å².